The summed E-state index contributed by atoms with van der Waals surface area (Å²) in [6.07, 6.45) is 3.95. The molecule has 0 aliphatic rings. The highest BCUT2D eigenvalue weighted by atomic mass is 35.5. The molecule has 2 unspecified atom stereocenters. The summed E-state index contributed by atoms with van der Waals surface area (Å²) < 4.78 is 14.0. The Labute approximate surface area is 138 Å². The fourth-order valence-electron chi connectivity index (χ4n) is 2.47. The van der Waals surface area contributed by atoms with Crippen molar-refractivity contribution in [3.63, 3.8) is 0 Å². The third-order valence-electron chi connectivity index (χ3n) is 3.70. The maximum Gasteiger partial charge on any atom is 0.134 e. The number of aliphatic hydroxyl groups is 1. The van der Waals surface area contributed by atoms with Crippen LogP contribution in [0.4, 0.5) is 10.2 Å². The average molecular weight is 332 g/mol. The van der Waals surface area contributed by atoms with Gasteiger partial charge in [0, 0.05) is 39.9 Å². The number of nitrogens with one attached hydrogen (secondary N) is 1. The molecule has 2 N–H and O–H groups in total. The summed E-state index contributed by atoms with van der Waals surface area (Å²) in [7, 11) is 0. The van der Waals surface area contributed by atoms with Gasteiger partial charge in [-0.3, -0.25) is 4.98 Å². The molecule has 0 saturated carbocycles. The second kappa shape index (κ2) is 6.48. The predicted molar refractivity (Wildman–Crippen MR) is 89.0 cm³/mol. The van der Waals surface area contributed by atoms with Crippen LogP contribution in [0.1, 0.15) is 18.6 Å². The molecule has 0 bridgehead atoms. The van der Waals surface area contributed by atoms with Crippen LogP contribution >= 0.6 is 11.6 Å². The highest BCUT2D eigenvalue weighted by Gasteiger charge is 2.23. The molecular formula is C17H15ClFN3O. The van der Waals surface area contributed by atoms with E-state index in [0.717, 1.165) is 10.8 Å². The molecule has 0 aliphatic heterocycles. The molecule has 6 heteroatoms. The highest BCUT2D eigenvalue weighted by molar-refractivity contribution is 6.31. The second-order valence-corrected chi connectivity index (χ2v) is 5.68. The lowest BCUT2D eigenvalue weighted by Crippen LogP contribution is -2.25. The summed E-state index contributed by atoms with van der Waals surface area (Å²) in [6, 6.07) is 7.53. The monoisotopic (exact) mass is 331 g/mol. The van der Waals surface area contributed by atoms with E-state index in [4.69, 9.17) is 11.6 Å². The molecule has 0 fully saturated rings. The molecule has 0 radical (unpaired) electrons. The Kier molecular flexibility index (Phi) is 4.41. The molecule has 0 saturated heterocycles. The molecule has 2 heterocycles. The largest absolute Gasteiger partial charge is 0.386 e. The summed E-state index contributed by atoms with van der Waals surface area (Å²) >= 11 is 6.01. The molecular weight excluding hydrogens is 317 g/mol. The van der Waals surface area contributed by atoms with E-state index in [-0.39, 0.29) is 10.6 Å². The van der Waals surface area contributed by atoms with Crippen LogP contribution in [0.2, 0.25) is 5.02 Å². The van der Waals surface area contributed by atoms with Gasteiger partial charge >= 0.3 is 0 Å². The number of benzene rings is 1. The smallest absolute Gasteiger partial charge is 0.134 e. The number of rotatable bonds is 4. The van der Waals surface area contributed by atoms with Crippen molar-refractivity contribution in [3.05, 3.63) is 65.3 Å². The van der Waals surface area contributed by atoms with E-state index in [2.05, 4.69) is 15.3 Å². The summed E-state index contributed by atoms with van der Waals surface area (Å²) in [5, 5.41) is 15.6. The molecule has 4 nitrogen and oxygen atoms in total. The lowest BCUT2D eigenvalue weighted by Gasteiger charge is -2.23. The molecule has 2 atom stereocenters. The molecule has 2 aromatic heterocycles. The fraction of sp³-hybridized carbons (Fsp3) is 0.176. The number of anilines is 1. The maximum atomic E-state index is 14.0. The second-order valence-electron chi connectivity index (χ2n) is 5.27. The van der Waals surface area contributed by atoms with Crippen LogP contribution in [0.25, 0.3) is 10.8 Å². The fourth-order valence-corrected chi connectivity index (χ4v) is 2.74. The number of nitrogens with zero attached hydrogens (tertiary/aromatic N) is 2. The van der Waals surface area contributed by atoms with Crippen LogP contribution in [-0.4, -0.2) is 21.1 Å². The Hall–Kier alpha value is -2.24. The van der Waals surface area contributed by atoms with Crippen molar-refractivity contribution >= 4 is 28.2 Å². The summed E-state index contributed by atoms with van der Waals surface area (Å²) in [4.78, 5) is 8.36. The summed E-state index contributed by atoms with van der Waals surface area (Å²) in [5.74, 6) is 0.0673. The van der Waals surface area contributed by atoms with Crippen LogP contribution in [0.3, 0.4) is 0 Å². The number of hydrogen-bond donors (Lipinski definition) is 2. The van der Waals surface area contributed by atoms with Crippen LogP contribution < -0.4 is 5.32 Å². The van der Waals surface area contributed by atoms with Gasteiger partial charge in [0.1, 0.15) is 17.7 Å². The number of aromatic nitrogens is 2. The van der Waals surface area contributed by atoms with E-state index in [0.29, 0.717) is 5.82 Å². The van der Waals surface area contributed by atoms with E-state index in [1.54, 1.807) is 31.6 Å². The Morgan fingerprint density at radius 2 is 2.04 bits per heavy atom. The zero-order valence-corrected chi connectivity index (χ0v) is 13.1. The van der Waals surface area contributed by atoms with Gasteiger partial charge < -0.3 is 10.4 Å². The molecule has 3 aromatic rings. The van der Waals surface area contributed by atoms with Crippen molar-refractivity contribution in [2.45, 2.75) is 19.1 Å². The third-order valence-corrected chi connectivity index (χ3v) is 4.03. The number of aliphatic hydroxyl groups excluding tert-OH is 1. The van der Waals surface area contributed by atoms with Crippen molar-refractivity contribution in [3.8, 4) is 0 Å². The Morgan fingerprint density at radius 3 is 2.83 bits per heavy atom. The highest BCUT2D eigenvalue weighted by Crippen LogP contribution is 2.30. The van der Waals surface area contributed by atoms with Gasteiger partial charge in [0.2, 0.25) is 0 Å². The average Bonchev–Trinajstić information content (AvgIpc) is 2.55. The topological polar surface area (TPSA) is 58.0 Å². The quantitative estimate of drug-likeness (QED) is 0.760. The SMILES string of the molecule is CC(Nc1nccc2cnccc12)C(O)c1c(F)cccc1Cl. The normalized spacial score (nSPS) is 13.7. The predicted octanol–water partition coefficient (Wildman–Crippen LogP) is 3.96. The van der Waals surface area contributed by atoms with Gasteiger partial charge in [-0.15, -0.1) is 0 Å². The summed E-state index contributed by atoms with van der Waals surface area (Å²) in [6.45, 7) is 1.75. The van der Waals surface area contributed by atoms with Gasteiger partial charge in [0.15, 0.2) is 0 Å². The van der Waals surface area contributed by atoms with Gasteiger partial charge in [-0.05, 0) is 31.2 Å². The van der Waals surface area contributed by atoms with E-state index in [1.165, 1.54) is 12.1 Å². The maximum absolute atomic E-state index is 14.0. The molecule has 0 amide bonds. The standard InChI is InChI=1S/C17H15ClFN3O/c1-10(16(23)15-13(18)3-2-4-14(15)19)22-17-12-6-7-20-9-11(12)5-8-21-17/h2-10,16,23H,1H3,(H,21,22). The van der Waals surface area contributed by atoms with Crippen LogP contribution in [-0.2, 0) is 0 Å². The molecule has 0 aliphatic carbocycles. The van der Waals surface area contributed by atoms with Crippen molar-refractivity contribution in [1.82, 2.24) is 9.97 Å². The van der Waals surface area contributed by atoms with E-state index in [9.17, 15) is 9.50 Å². The van der Waals surface area contributed by atoms with Crippen molar-refractivity contribution in [1.29, 1.82) is 0 Å². The Morgan fingerprint density at radius 1 is 1.22 bits per heavy atom. The molecule has 118 valence electrons. The first-order valence-electron chi connectivity index (χ1n) is 7.15. The minimum atomic E-state index is -1.11. The lowest BCUT2D eigenvalue weighted by molar-refractivity contribution is 0.156. The first kappa shape index (κ1) is 15.6. The minimum Gasteiger partial charge on any atom is -0.386 e. The van der Waals surface area contributed by atoms with E-state index >= 15 is 0 Å². The van der Waals surface area contributed by atoms with Crippen molar-refractivity contribution in [2.24, 2.45) is 0 Å². The molecule has 0 spiro atoms. The number of pyridine rings is 2. The van der Waals surface area contributed by atoms with Crippen LogP contribution in [0.15, 0.2) is 48.9 Å². The third kappa shape index (κ3) is 3.11. The van der Waals surface area contributed by atoms with Gasteiger partial charge in [0.25, 0.3) is 0 Å². The van der Waals surface area contributed by atoms with Crippen molar-refractivity contribution in [2.75, 3.05) is 5.32 Å². The zero-order chi connectivity index (χ0) is 16.4. The lowest BCUT2D eigenvalue weighted by atomic mass is 10.0. The van der Waals surface area contributed by atoms with Gasteiger partial charge in [-0.1, -0.05) is 17.7 Å². The molecule has 3 rings (SSSR count). The summed E-state index contributed by atoms with van der Waals surface area (Å²) in [5.41, 5.74) is 0.0797. The van der Waals surface area contributed by atoms with E-state index < -0.39 is 18.0 Å². The van der Waals surface area contributed by atoms with E-state index in [1.807, 2.05) is 12.1 Å². The first-order chi connectivity index (χ1) is 11.1. The minimum absolute atomic E-state index is 0.0797. The van der Waals surface area contributed by atoms with Gasteiger partial charge in [-0.2, -0.15) is 0 Å². The van der Waals surface area contributed by atoms with Gasteiger partial charge in [0.05, 0.1) is 6.04 Å². The van der Waals surface area contributed by atoms with Gasteiger partial charge in [-0.25, -0.2) is 9.37 Å². The molecule has 1 aromatic carbocycles. The Balaban J connectivity index is 1.90. The van der Waals surface area contributed by atoms with Crippen LogP contribution in [0.5, 0.6) is 0 Å². The Bertz CT molecular complexity index is 817. The first-order valence-corrected chi connectivity index (χ1v) is 7.53. The number of hydrogen-bond acceptors (Lipinski definition) is 4. The van der Waals surface area contributed by atoms with Crippen molar-refractivity contribution < 1.29 is 9.50 Å². The molecule has 23 heavy (non-hydrogen) atoms. The zero-order valence-electron chi connectivity index (χ0n) is 12.4. The van der Waals surface area contributed by atoms with Crippen LogP contribution in [0, 0.1) is 5.82 Å². The number of fused-ring (bicyclic) bond motifs is 1. The number of halogens is 2.